The minimum absolute atomic E-state index is 0.152. The van der Waals surface area contributed by atoms with Crippen LogP contribution >= 0.6 is 0 Å². The second-order valence-corrected chi connectivity index (χ2v) is 9.76. The number of ether oxygens (including phenoxy) is 3. The monoisotopic (exact) mass is 534 g/mol. The molecule has 0 radical (unpaired) electrons. The van der Waals surface area contributed by atoms with Crippen molar-refractivity contribution >= 4 is 17.3 Å². The van der Waals surface area contributed by atoms with Crippen LogP contribution in [0.15, 0.2) is 60.7 Å². The Morgan fingerprint density at radius 1 is 0.897 bits per heavy atom. The van der Waals surface area contributed by atoms with Crippen molar-refractivity contribution in [2.45, 2.75) is 39.0 Å². The summed E-state index contributed by atoms with van der Waals surface area (Å²) < 4.78 is 17.4. The number of nitrogens with one attached hydrogen (secondary N) is 1. The molecule has 0 atom stereocenters. The molecule has 1 saturated heterocycles. The van der Waals surface area contributed by atoms with Crippen LogP contribution in [0.1, 0.15) is 44.7 Å². The summed E-state index contributed by atoms with van der Waals surface area (Å²) in [5, 5.41) is 22.7. The molecular weight excluding hydrogens is 496 g/mol. The first-order chi connectivity index (χ1) is 18.8. The molecule has 3 N–H and O–H groups in total. The van der Waals surface area contributed by atoms with Crippen molar-refractivity contribution in [2.24, 2.45) is 0 Å². The molecule has 208 valence electrons. The average molecular weight is 535 g/mol. The van der Waals surface area contributed by atoms with Crippen LogP contribution in [0, 0.1) is 0 Å². The van der Waals surface area contributed by atoms with Gasteiger partial charge in [0, 0.05) is 37.1 Å². The molecule has 0 aliphatic carbocycles. The van der Waals surface area contributed by atoms with Gasteiger partial charge in [-0.05, 0) is 55.7 Å². The van der Waals surface area contributed by atoms with Crippen molar-refractivity contribution in [3.8, 4) is 23.0 Å². The second-order valence-electron chi connectivity index (χ2n) is 9.76. The number of hydrogen-bond donors (Lipinski definition) is 3. The summed E-state index contributed by atoms with van der Waals surface area (Å²) in [6.45, 7) is 9.67. The Balaban J connectivity index is 1.58. The number of hydrogen-bond acceptors (Lipinski definition) is 7. The molecule has 8 heteroatoms. The lowest BCUT2D eigenvalue weighted by Crippen LogP contribution is -2.36. The van der Waals surface area contributed by atoms with Crippen LogP contribution < -0.4 is 19.7 Å². The number of morpholine rings is 1. The summed E-state index contributed by atoms with van der Waals surface area (Å²) in [6.07, 6.45) is 0.738. The summed E-state index contributed by atoms with van der Waals surface area (Å²) in [7, 11) is 0. The molecule has 3 aromatic carbocycles. The molecule has 1 aliphatic heterocycles. The number of aromatic hydroxyl groups is 2. The van der Waals surface area contributed by atoms with E-state index in [2.05, 4.69) is 17.1 Å². The second kappa shape index (κ2) is 12.8. The topological polar surface area (TPSA) is 100 Å². The van der Waals surface area contributed by atoms with Gasteiger partial charge in [-0.3, -0.25) is 4.79 Å². The number of phenols is 2. The van der Waals surface area contributed by atoms with Gasteiger partial charge in [0.15, 0.2) is 0 Å². The number of rotatable bonds is 11. The molecule has 0 spiro atoms. The first-order valence-corrected chi connectivity index (χ1v) is 13.5. The SMILES string of the molecule is CCOc1cc(N2CCOCC2)c(OCC)cc1NC(=O)CCC(C)(c1ccc(O)cc1)c1ccc(O)cc1. The maximum Gasteiger partial charge on any atom is 0.224 e. The zero-order chi connectivity index (χ0) is 27.8. The largest absolute Gasteiger partial charge is 0.508 e. The van der Waals surface area contributed by atoms with Crippen LogP contribution in [-0.4, -0.2) is 55.6 Å². The minimum atomic E-state index is -0.530. The van der Waals surface area contributed by atoms with E-state index in [1.165, 1.54) is 0 Å². The number of benzene rings is 3. The van der Waals surface area contributed by atoms with Crippen LogP contribution in [0.3, 0.4) is 0 Å². The maximum atomic E-state index is 13.3. The molecule has 4 rings (SSSR count). The van der Waals surface area contributed by atoms with E-state index in [4.69, 9.17) is 14.2 Å². The Morgan fingerprint density at radius 3 is 1.97 bits per heavy atom. The van der Waals surface area contributed by atoms with E-state index in [9.17, 15) is 15.0 Å². The lowest BCUT2D eigenvalue weighted by Gasteiger charge is -2.32. The fourth-order valence-electron chi connectivity index (χ4n) is 4.93. The highest BCUT2D eigenvalue weighted by Crippen LogP contribution is 2.41. The third-order valence-electron chi connectivity index (χ3n) is 7.15. The molecule has 0 bridgehead atoms. The zero-order valence-electron chi connectivity index (χ0n) is 22.9. The zero-order valence-corrected chi connectivity index (χ0v) is 22.9. The van der Waals surface area contributed by atoms with Crippen LogP contribution in [0.5, 0.6) is 23.0 Å². The van der Waals surface area contributed by atoms with Crippen molar-refractivity contribution < 1.29 is 29.2 Å². The number of carbonyl (C=O) groups excluding carboxylic acids is 1. The summed E-state index contributed by atoms with van der Waals surface area (Å²) >= 11 is 0. The third kappa shape index (κ3) is 6.75. The predicted molar refractivity (Wildman–Crippen MR) is 152 cm³/mol. The lowest BCUT2D eigenvalue weighted by atomic mass is 9.73. The summed E-state index contributed by atoms with van der Waals surface area (Å²) in [5.41, 5.74) is 2.88. The normalized spacial score (nSPS) is 13.7. The Hall–Kier alpha value is -3.91. The molecule has 8 nitrogen and oxygen atoms in total. The van der Waals surface area contributed by atoms with E-state index in [0.29, 0.717) is 50.0 Å². The standard InChI is InChI=1S/C31H38N2O6/c1-4-38-28-21-27(33-16-18-37-19-17-33)29(39-5-2)20-26(28)32-30(36)14-15-31(3,22-6-10-24(34)11-7-22)23-8-12-25(35)13-9-23/h6-13,20-21,34-35H,4-5,14-19H2,1-3H3,(H,32,36). The van der Waals surface area contributed by atoms with Crippen LogP contribution in [0.25, 0.3) is 0 Å². The van der Waals surface area contributed by atoms with Crippen LogP contribution in [-0.2, 0) is 14.9 Å². The molecule has 1 amide bonds. The number of carbonyl (C=O) groups is 1. The number of amides is 1. The fraction of sp³-hybridized carbons (Fsp3) is 0.387. The van der Waals surface area contributed by atoms with Gasteiger partial charge in [-0.15, -0.1) is 0 Å². The minimum Gasteiger partial charge on any atom is -0.508 e. The van der Waals surface area contributed by atoms with Gasteiger partial charge >= 0.3 is 0 Å². The fourth-order valence-corrected chi connectivity index (χ4v) is 4.93. The highest BCUT2D eigenvalue weighted by molar-refractivity contribution is 5.93. The van der Waals surface area contributed by atoms with E-state index < -0.39 is 5.41 Å². The summed E-state index contributed by atoms with van der Waals surface area (Å²) in [4.78, 5) is 15.5. The van der Waals surface area contributed by atoms with E-state index in [1.807, 2.05) is 50.2 Å². The number of nitrogens with zero attached hydrogens (tertiary/aromatic N) is 1. The summed E-state index contributed by atoms with van der Waals surface area (Å²) in [6, 6.07) is 17.8. The predicted octanol–water partition coefficient (Wildman–Crippen LogP) is 5.46. The van der Waals surface area contributed by atoms with Gasteiger partial charge in [-0.25, -0.2) is 0 Å². The molecule has 0 unspecified atom stereocenters. The molecule has 1 heterocycles. The third-order valence-corrected chi connectivity index (χ3v) is 7.15. The Labute approximate surface area is 230 Å². The Morgan fingerprint density at radius 2 is 1.44 bits per heavy atom. The first kappa shape index (κ1) is 28.1. The molecule has 0 saturated carbocycles. The Bertz CT molecular complexity index is 1190. The van der Waals surface area contributed by atoms with Gasteiger partial charge in [-0.1, -0.05) is 31.2 Å². The quantitative estimate of drug-likeness (QED) is 0.300. The Kier molecular flexibility index (Phi) is 9.19. The van der Waals surface area contributed by atoms with Gasteiger partial charge < -0.3 is 34.6 Å². The summed E-state index contributed by atoms with van der Waals surface area (Å²) in [5.74, 6) is 1.49. The van der Waals surface area contributed by atoms with Crippen LogP contribution in [0.2, 0.25) is 0 Å². The lowest BCUT2D eigenvalue weighted by molar-refractivity contribution is -0.116. The molecule has 0 aromatic heterocycles. The van der Waals surface area contributed by atoms with Crippen molar-refractivity contribution in [1.29, 1.82) is 0 Å². The van der Waals surface area contributed by atoms with Gasteiger partial charge in [0.25, 0.3) is 0 Å². The van der Waals surface area contributed by atoms with E-state index >= 15 is 0 Å². The maximum absolute atomic E-state index is 13.3. The molecule has 3 aromatic rings. The van der Waals surface area contributed by atoms with E-state index in [-0.39, 0.29) is 23.8 Å². The number of phenolic OH excluding ortho intramolecular Hbond substituents is 2. The van der Waals surface area contributed by atoms with E-state index in [0.717, 1.165) is 29.9 Å². The van der Waals surface area contributed by atoms with Gasteiger partial charge in [0.1, 0.15) is 23.0 Å². The smallest absolute Gasteiger partial charge is 0.224 e. The highest BCUT2D eigenvalue weighted by atomic mass is 16.5. The molecule has 1 aliphatic rings. The van der Waals surface area contributed by atoms with Crippen molar-refractivity contribution in [1.82, 2.24) is 0 Å². The van der Waals surface area contributed by atoms with Gasteiger partial charge in [0.05, 0.1) is 37.8 Å². The van der Waals surface area contributed by atoms with E-state index in [1.54, 1.807) is 24.3 Å². The molecule has 1 fully saturated rings. The molecule has 39 heavy (non-hydrogen) atoms. The van der Waals surface area contributed by atoms with Gasteiger partial charge in [-0.2, -0.15) is 0 Å². The first-order valence-electron chi connectivity index (χ1n) is 13.5. The number of anilines is 2. The van der Waals surface area contributed by atoms with Crippen molar-refractivity contribution in [2.75, 3.05) is 49.7 Å². The van der Waals surface area contributed by atoms with Gasteiger partial charge in [0.2, 0.25) is 5.91 Å². The average Bonchev–Trinajstić information content (AvgIpc) is 2.94. The van der Waals surface area contributed by atoms with Crippen molar-refractivity contribution in [3.63, 3.8) is 0 Å². The highest BCUT2D eigenvalue weighted by Gasteiger charge is 2.30. The van der Waals surface area contributed by atoms with Crippen molar-refractivity contribution in [3.05, 3.63) is 71.8 Å². The van der Waals surface area contributed by atoms with Crippen LogP contribution in [0.4, 0.5) is 11.4 Å². The molecular formula is C31H38N2O6.